The Morgan fingerprint density at radius 2 is 2.17 bits per heavy atom. The van der Waals surface area contributed by atoms with Gasteiger partial charge in [0.2, 0.25) is 5.91 Å². The number of carbonyl (C=O) groups is 2. The molecule has 0 saturated carbocycles. The van der Waals surface area contributed by atoms with Gasteiger partial charge in [0.1, 0.15) is 6.04 Å². The molecule has 0 unspecified atom stereocenters. The third-order valence-electron chi connectivity index (χ3n) is 4.23. The maximum Gasteiger partial charge on any atom is 0.320 e. The summed E-state index contributed by atoms with van der Waals surface area (Å²) in [6, 6.07) is 6.09. The molecule has 0 bridgehead atoms. The second-order valence-electron chi connectivity index (χ2n) is 5.73. The van der Waals surface area contributed by atoms with Crippen LogP contribution in [0.25, 0.3) is 0 Å². The van der Waals surface area contributed by atoms with Gasteiger partial charge in [0, 0.05) is 24.2 Å². The zero-order valence-electron chi connectivity index (χ0n) is 12.9. The fourth-order valence-corrected chi connectivity index (χ4v) is 3.32. The van der Waals surface area contributed by atoms with Crippen molar-refractivity contribution in [2.45, 2.75) is 24.9 Å². The van der Waals surface area contributed by atoms with Crippen molar-refractivity contribution in [3.8, 4) is 0 Å². The van der Waals surface area contributed by atoms with E-state index in [0.717, 1.165) is 5.56 Å². The number of benzene rings is 1. The fraction of sp³-hybridized carbons (Fsp3) is 0.500. The van der Waals surface area contributed by atoms with Crippen LogP contribution in [0.3, 0.4) is 0 Å². The molecule has 23 heavy (non-hydrogen) atoms. The normalized spacial score (nSPS) is 24.6. The number of likely N-dealkylation sites (tertiary alicyclic amines) is 1. The first kappa shape index (κ1) is 17.7. The van der Waals surface area contributed by atoms with Crippen LogP contribution in [0.4, 0.5) is 0 Å². The van der Waals surface area contributed by atoms with Crippen LogP contribution in [-0.2, 0) is 9.59 Å². The number of carboxylic acids is 1. The smallest absolute Gasteiger partial charge is 0.320 e. The Morgan fingerprint density at radius 3 is 2.78 bits per heavy atom. The lowest BCUT2D eigenvalue weighted by atomic mass is 9.92. The number of amides is 1. The highest BCUT2D eigenvalue weighted by Crippen LogP contribution is 2.40. The highest BCUT2D eigenvalue weighted by molar-refractivity contribution is 6.30. The van der Waals surface area contributed by atoms with Crippen molar-refractivity contribution >= 4 is 23.5 Å². The fourth-order valence-electron chi connectivity index (χ4n) is 3.12. The van der Waals surface area contributed by atoms with Crippen molar-refractivity contribution in [1.82, 2.24) is 10.2 Å². The standard InChI is InChI=1S/C16H21ClN2O4/c1-19-13(16(22)23)9-12(15(21)18-6-3-7-20)14(19)10-4-2-5-11(17)8-10/h2,4-5,8,12-14,20H,3,6-7,9H2,1H3,(H,18,21)(H,22,23)/t12-,13-,14-/m0/s1. The zero-order chi connectivity index (χ0) is 17.0. The summed E-state index contributed by atoms with van der Waals surface area (Å²) in [5.41, 5.74) is 0.825. The van der Waals surface area contributed by atoms with Crippen LogP contribution in [0.5, 0.6) is 0 Å². The van der Waals surface area contributed by atoms with Crippen LogP contribution >= 0.6 is 11.6 Å². The Balaban J connectivity index is 2.25. The number of nitrogens with one attached hydrogen (secondary N) is 1. The lowest BCUT2D eigenvalue weighted by Crippen LogP contribution is -2.36. The van der Waals surface area contributed by atoms with Crippen molar-refractivity contribution in [2.75, 3.05) is 20.2 Å². The van der Waals surface area contributed by atoms with Gasteiger partial charge in [-0.1, -0.05) is 23.7 Å². The molecule has 1 aromatic carbocycles. The number of nitrogens with zero attached hydrogens (tertiary/aromatic N) is 1. The van der Waals surface area contributed by atoms with Crippen molar-refractivity contribution in [1.29, 1.82) is 0 Å². The molecule has 1 aromatic rings. The predicted molar refractivity (Wildman–Crippen MR) is 86.2 cm³/mol. The van der Waals surface area contributed by atoms with E-state index in [4.69, 9.17) is 16.7 Å². The number of aliphatic carboxylic acids is 1. The zero-order valence-corrected chi connectivity index (χ0v) is 13.7. The molecule has 1 aliphatic rings. The van der Waals surface area contributed by atoms with E-state index < -0.39 is 17.9 Å². The highest BCUT2D eigenvalue weighted by Gasteiger charge is 2.46. The summed E-state index contributed by atoms with van der Waals surface area (Å²) < 4.78 is 0. The molecular weight excluding hydrogens is 320 g/mol. The van der Waals surface area contributed by atoms with Crippen LogP contribution in [0.2, 0.25) is 5.02 Å². The molecule has 0 aliphatic carbocycles. The van der Waals surface area contributed by atoms with Crippen LogP contribution < -0.4 is 5.32 Å². The molecule has 6 nitrogen and oxygen atoms in total. The Kier molecular flexibility index (Phi) is 5.98. The average molecular weight is 341 g/mol. The van der Waals surface area contributed by atoms with Crippen LogP contribution in [0.15, 0.2) is 24.3 Å². The summed E-state index contributed by atoms with van der Waals surface area (Å²) in [6.45, 7) is 0.371. The molecule has 0 radical (unpaired) electrons. The number of likely N-dealkylation sites (N-methyl/N-ethyl adjacent to an activating group) is 1. The van der Waals surface area contributed by atoms with Crippen molar-refractivity contribution < 1.29 is 19.8 Å². The summed E-state index contributed by atoms with van der Waals surface area (Å²) in [5.74, 6) is -1.61. The molecule has 1 fully saturated rings. The van der Waals surface area contributed by atoms with Gasteiger partial charge in [-0.3, -0.25) is 14.5 Å². The first-order valence-corrected chi connectivity index (χ1v) is 7.92. The third-order valence-corrected chi connectivity index (χ3v) is 4.47. The number of halogens is 1. The first-order chi connectivity index (χ1) is 11.0. The van der Waals surface area contributed by atoms with E-state index >= 15 is 0 Å². The first-order valence-electron chi connectivity index (χ1n) is 7.54. The second kappa shape index (κ2) is 7.77. The highest BCUT2D eigenvalue weighted by atomic mass is 35.5. The maximum absolute atomic E-state index is 12.5. The van der Waals surface area contributed by atoms with Gasteiger partial charge < -0.3 is 15.5 Å². The molecule has 0 aromatic heterocycles. The van der Waals surface area contributed by atoms with E-state index in [0.29, 0.717) is 18.0 Å². The minimum absolute atomic E-state index is 0.000320. The van der Waals surface area contributed by atoms with Gasteiger partial charge in [0.15, 0.2) is 0 Å². The molecule has 126 valence electrons. The van der Waals surface area contributed by atoms with Gasteiger partial charge in [0.25, 0.3) is 0 Å². The molecule has 3 atom stereocenters. The molecule has 0 spiro atoms. The Bertz CT molecular complexity index is 581. The summed E-state index contributed by atoms with van der Waals surface area (Å²) in [6.07, 6.45) is 0.715. The van der Waals surface area contributed by atoms with E-state index in [2.05, 4.69) is 5.32 Å². The number of carboxylic acid groups (broad SMARTS) is 1. The minimum Gasteiger partial charge on any atom is -0.480 e. The number of hydrogen-bond donors (Lipinski definition) is 3. The van der Waals surface area contributed by atoms with Crippen LogP contribution in [0, 0.1) is 5.92 Å². The van der Waals surface area contributed by atoms with Crippen LogP contribution in [-0.4, -0.2) is 53.2 Å². The van der Waals surface area contributed by atoms with E-state index in [1.807, 2.05) is 6.07 Å². The molecule has 1 amide bonds. The monoisotopic (exact) mass is 340 g/mol. The SMILES string of the molecule is CN1[C@H](C(=O)O)C[C@H](C(=O)NCCCO)[C@@H]1c1cccc(Cl)c1. The van der Waals surface area contributed by atoms with E-state index in [9.17, 15) is 14.7 Å². The number of aliphatic hydroxyl groups is 1. The van der Waals surface area contributed by atoms with Gasteiger partial charge in [-0.2, -0.15) is 0 Å². The number of hydrogen-bond acceptors (Lipinski definition) is 4. The Morgan fingerprint density at radius 1 is 1.43 bits per heavy atom. The summed E-state index contributed by atoms with van der Waals surface area (Å²) in [4.78, 5) is 25.6. The van der Waals surface area contributed by atoms with E-state index in [1.54, 1.807) is 30.1 Å². The lowest BCUT2D eigenvalue weighted by Gasteiger charge is -2.26. The van der Waals surface area contributed by atoms with Gasteiger partial charge in [-0.05, 0) is 37.6 Å². The second-order valence-corrected chi connectivity index (χ2v) is 6.17. The Labute approximate surface area is 140 Å². The van der Waals surface area contributed by atoms with Gasteiger partial charge in [-0.25, -0.2) is 0 Å². The molecular formula is C16H21ClN2O4. The summed E-state index contributed by atoms with van der Waals surface area (Å²) in [7, 11) is 1.71. The predicted octanol–water partition coefficient (Wildman–Crippen LogP) is 1.28. The van der Waals surface area contributed by atoms with Crippen molar-refractivity contribution in [3.63, 3.8) is 0 Å². The van der Waals surface area contributed by atoms with Gasteiger partial charge in [0.05, 0.1) is 5.92 Å². The molecule has 1 saturated heterocycles. The molecule has 2 rings (SSSR count). The number of rotatable bonds is 6. The van der Waals surface area contributed by atoms with Gasteiger partial charge in [-0.15, -0.1) is 0 Å². The Hall–Kier alpha value is -1.63. The average Bonchev–Trinajstić information content (AvgIpc) is 2.85. The van der Waals surface area contributed by atoms with Crippen molar-refractivity contribution in [2.24, 2.45) is 5.92 Å². The summed E-state index contributed by atoms with van der Waals surface area (Å²) >= 11 is 6.04. The van der Waals surface area contributed by atoms with E-state index in [-0.39, 0.29) is 25.0 Å². The topological polar surface area (TPSA) is 89.9 Å². The lowest BCUT2D eigenvalue weighted by molar-refractivity contribution is -0.142. The minimum atomic E-state index is -0.940. The quantitative estimate of drug-likeness (QED) is 0.679. The van der Waals surface area contributed by atoms with Gasteiger partial charge >= 0.3 is 5.97 Å². The maximum atomic E-state index is 12.5. The molecule has 3 N–H and O–H groups in total. The number of aliphatic hydroxyl groups excluding tert-OH is 1. The molecule has 1 aliphatic heterocycles. The van der Waals surface area contributed by atoms with Crippen LogP contribution in [0.1, 0.15) is 24.4 Å². The van der Waals surface area contributed by atoms with E-state index in [1.165, 1.54) is 0 Å². The number of carbonyl (C=O) groups excluding carboxylic acids is 1. The van der Waals surface area contributed by atoms with Crippen molar-refractivity contribution in [3.05, 3.63) is 34.9 Å². The molecule has 1 heterocycles. The summed E-state index contributed by atoms with van der Waals surface area (Å²) in [5, 5.41) is 21.5. The molecule has 7 heteroatoms. The third kappa shape index (κ3) is 4.02. The largest absolute Gasteiger partial charge is 0.480 e.